The second-order valence-electron chi connectivity index (χ2n) is 5.37. The summed E-state index contributed by atoms with van der Waals surface area (Å²) in [4.78, 5) is 23.5. The zero-order valence-electron chi connectivity index (χ0n) is 12.7. The van der Waals surface area contributed by atoms with Crippen LogP contribution in [0.2, 0.25) is 0 Å². The Hall–Kier alpha value is -1.31. The molecule has 0 spiro atoms. The van der Waals surface area contributed by atoms with Gasteiger partial charge in [-0.25, -0.2) is 0 Å². The fraction of sp³-hybridized carbons (Fsp3) is 0.500. The molecule has 1 fully saturated rings. The molecule has 2 rings (SSSR count). The highest BCUT2D eigenvalue weighted by molar-refractivity contribution is 14.1. The fourth-order valence-electron chi connectivity index (χ4n) is 2.37. The van der Waals surface area contributed by atoms with Crippen molar-refractivity contribution < 1.29 is 19.1 Å². The molecule has 0 bridgehead atoms. The molecule has 6 heteroatoms. The number of rotatable bonds is 6. The van der Waals surface area contributed by atoms with E-state index >= 15 is 0 Å². The highest BCUT2D eigenvalue weighted by Crippen LogP contribution is 2.30. The van der Waals surface area contributed by atoms with E-state index < -0.39 is 17.9 Å². The third-order valence-corrected chi connectivity index (χ3v) is 4.84. The third kappa shape index (κ3) is 4.12. The SMILES string of the molecule is COC(=O)CC(C(=O)OC)c1ccc(NC2CCC2)c(I)c1. The molecule has 1 aromatic rings. The zero-order chi connectivity index (χ0) is 16.1. The van der Waals surface area contributed by atoms with Gasteiger partial charge in [-0.1, -0.05) is 6.07 Å². The van der Waals surface area contributed by atoms with Crippen molar-refractivity contribution in [3.05, 3.63) is 27.3 Å². The summed E-state index contributed by atoms with van der Waals surface area (Å²) in [6.45, 7) is 0. The van der Waals surface area contributed by atoms with E-state index in [2.05, 4.69) is 32.6 Å². The second-order valence-corrected chi connectivity index (χ2v) is 6.53. The van der Waals surface area contributed by atoms with Crippen LogP contribution in [0.15, 0.2) is 18.2 Å². The molecule has 0 aromatic heterocycles. The normalized spacial score (nSPS) is 15.6. The molecule has 120 valence electrons. The van der Waals surface area contributed by atoms with Crippen LogP contribution in [0.4, 0.5) is 5.69 Å². The first-order chi connectivity index (χ1) is 10.5. The Morgan fingerprint density at radius 2 is 2.05 bits per heavy atom. The fourth-order valence-corrected chi connectivity index (χ4v) is 3.06. The molecule has 0 radical (unpaired) electrons. The number of carbonyl (C=O) groups is 2. The molecule has 1 aliphatic carbocycles. The summed E-state index contributed by atoms with van der Waals surface area (Å²) >= 11 is 2.24. The maximum atomic E-state index is 11.9. The number of benzene rings is 1. The van der Waals surface area contributed by atoms with E-state index in [0.717, 1.165) is 14.8 Å². The molecule has 1 aromatic carbocycles. The lowest BCUT2D eigenvalue weighted by atomic mass is 9.92. The number of carbonyl (C=O) groups excluding carboxylic acids is 2. The highest BCUT2D eigenvalue weighted by Gasteiger charge is 2.26. The topological polar surface area (TPSA) is 64.6 Å². The number of ether oxygens (including phenoxy) is 2. The lowest BCUT2D eigenvalue weighted by Crippen LogP contribution is -2.27. The van der Waals surface area contributed by atoms with E-state index in [1.165, 1.54) is 33.5 Å². The van der Waals surface area contributed by atoms with Gasteiger partial charge in [0.15, 0.2) is 0 Å². The number of methoxy groups -OCH3 is 2. The summed E-state index contributed by atoms with van der Waals surface area (Å²) in [6, 6.07) is 6.30. The Morgan fingerprint density at radius 3 is 2.55 bits per heavy atom. The number of esters is 2. The van der Waals surface area contributed by atoms with Gasteiger partial charge in [-0.3, -0.25) is 9.59 Å². The largest absolute Gasteiger partial charge is 0.469 e. The average Bonchev–Trinajstić information content (AvgIpc) is 2.48. The molecule has 0 saturated heterocycles. The molecule has 5 nitrogen and oxygen atoms in total. The van der Waals surface area contributed by atoms with Crippen molar-refractivity contribution >= 4 is 40.2 Å². The van der Waals surface area contributed by atoms with Gasteiger partial charge < -0.3 is 14.8 Å². The molecule has 1 unspecified atom stereocenters. The van der Waals surface area contributed by atoms with Crippen molar-refractivity contribution in [3.63, 3.8) is 0 Å². The van der Waals surface area contributed by atoms with Crippen LogP contribution in [0.1, 0.15) is 37.2 Å². The van der Waals surface area contributed by atoms with Gasteiger partial charge in [0.1, 0.15) is 0 Å². The Morgan fingerprint density at radius 1 is 1.32 bits per heavy atom. The van der Waals surface area contributed by atoms with Crippen LogP contribution >= 0.6 is 22.6 Å². The molecular weight excluding hydrogens is 397 g/mol. The maximum absolute atomic E-state index is 11.9. The lowest BCUT2D eigenvalue weighted by molar-refractivity contribution is -0.149. The van der Waals surface area contributed by atoms with Crippen LogP contribution in [0.5, 0.6) is 0 Å². The quantitative estimate of drug-likeness (QED) is 0.570. The molecule has 22 heavy (non-hydrogen) atoms. The smallest absolute Gasteiger partial charge is 0.313 e. The number of hydrogen-bond donors (Lipinski definition) is 1. The second kappa shape index (κ2) is 7.80. The van der Waals surface area contributed by atoms with Gasteiger partial charge >= 0.3 is 11.9 Å². The van der Waals surface area contributed by atoms with E-state index in [1.807, 2.05) is 18.2 Å². The molecule has 1 atom stereocenters. The predicted octanol–water partition coefficient (Wildman–Crippen LogP) is 3.08. The van der Waals surface area contributed by atoms with Gasteiger partial charge in [0.05, 0.1) is 26.6 Å². The minimum Gasteiger partial charge on any atom is -0.469 e. The number of hydrogen-bond acceptors (Lipinski definition) is 5. The van der Waals surface area contributed by atoms with Gasteiger partial charge in [-0.05, 0) is 59.5 Å². The van der Waals surface area contributed by atoms with Crippen molar-refractivity contribution in [3.8, 4) is 0 Å². The van der Waals surface area contributed by atoms with E-state index in [9.17, 15) is 9.59 Å². The monoisotopic (exact) mass is 417 g/mol. The van der Waals surface area contributed by atoms with Gasteiger partial charge in [-0.2, -0.15) is 0 Å². The summed E-state index contributed by atoms with van der Waals surface area (Å²) in [6.07, 6.45) is 3.65. The molecule has 1 aliphatic rings. The van der Waals surface area contributed by atoms with E-state index in [1.54, 1.807) is 0 Å². The third-order valence-electron chi connectivity index (χ3n) is 3.94. The van der Waals surface area contributed by atoms with E-state index in [-0.39, 0.29) is 6.42 Å². The Balaban J connectivity index is 2.17. The standard InChI is InChI=1S/C16H20INO4/c1-21-15(19)9-12(16(20)22-2)10-6-7-14(13(17)8-10)18-11-4-3-5-11/h6-8,11-12,18H,3-5,9H2,1-2H3. The van der Waals surface area contributed by atoms with Crippen LogP contribution < -0.4 is 5.32 Å². The van der Waals surface area contributed by atoms with Crippen LogP contribution in [-0.4, -0.2) is 32.2 Å². The van der Waals surface area contributed by atoms with Crippen molar-refractivity contribution in [2.75, 3.05) is 19.5 Å². The molecule has 0 heterocycles. The summed E-state index contributed by atoms with van der Waals surface area (Å²) in [5.41, 5.74) is 1.83. The number of anilines is 1. The summed E-state index contributed by atoms with van der Waals surface area (Å²) < 4.78 is 10.5. The van der Waals surface area contributed by atoms with Gasteiger partial charge in [0.25, 0.3) is 0 Å². The summed E-state index contributed by atoms with van der Waals surface area (Å²) in [5.74, 6) is -1.49. The van der Waals surface area contributed by atoms with Crippen LogP contribution in [0.25, 0.3) is 0 Å². The first kappa shape index (κ1) is 17.1. The van der Waals surface area contributed by atoms with Gasteiger partial charge in [0.2, 0.25) is 0 Å². The summed E-state index contributed by atoms with van der Waals surface area (Å²) in [7, 11) is 2.64. The van der Waals surface area contributed by atoms with Crippen molar-refractivity contribution in [1.82, 2.24) is 0 Å². The van der Waals surface area contributed by atoms with Crippen molar-refractivity contribution in [2.45, 2.75) is 37.6 Å². The highest BCUT2D eigenvalue weighted by atomic mass is 127. The molecule has 1 N–H and O–H groups in total. The van der Waals surface area contributed by atoms with E-state index in [4.69, 9.17) is 4.74 Å². The average molecular weight is 417 g/mol. The van der Waals surface area contributed by atoms with Crippen LogP contribution in [0, 0.1) is 3.57 Å². The molecule has 0 aliphatic heterocycles. The van der Waals surface area contributed by atoms with Crippen molar-refractivity contribution in [2.24, 2.45) is 0 Å². The van der Waals surface area contributed by atoms with Gasteiger partial charge in [0, 0.05) is 15.3 Å². The summed E-state index contributed by atoms with van der Waals surface area (Å²) in [5, 5.41) is 3.49. The number of nitrogens with one attached hydrogen (secondary N) is 1. The zero-order valence-corrected chi connectivity index (χ0v) is 14.9. The van der Waals surface area contributed by atoms with Crippen LogP contribution in [-0.2, 0) is 19.1 Å². The minimum absolute atomic E-state index is 0.0192. The lowest BCUT2D eigenvalue weighted by Gasteiger charge is -2.28. The first-order valence-electron chi connectivity index (χ1n) is 7.25. The molecule has 0 amide bonds. The number of halogens is 1. The maximum Gasteiger partial charge on any atom is 0.313 e. The van der Waals surface area contributed by atoms with Gasteiger partial charge in [-0.15, -0.1) is 0 Å². The van der Waals surface area contributed by atoms with E-state index in [0.29, 0.717) is 6.04 Å². The Bertz CT molecular complexity index is 557. The molecular formula is C16H20INO4. The Kier molecular flexibility index (Phi) is 6.05. The Labute approximate surface area is 143 Å². The first-order valence-corrected chi connectivity index (χ1v) is 8.33. The molecule has 1 saturated carbocycles. The van der Waals surface area contributed by atoms with Crippen LogP contribution in [0.3, 0.4) is 0 Å². The predicted molar refractivity (Wildman–Crippen MR) is 91.8 cm³/mol. The van der Waals surface area contributed by atoms with Crippen molar-refractivity contribution in [1.29, 1.82) is 0 Å². The minimum atomic E-state index is -0.635.